The number of rotatable bonds is 3. The number of nitrogens with zero attached hydrogens (tertiary/aromatic N) is 2. The van der Waals surface area contributed by atoms with E-state index in [9.17, 15) is 9.59 Å². The van der Waals surface area contributed by atoms with Crippen molar-refractivity contribution in [2.24, 2.45) is 0 Å². The molecule has 1 N–H and O–H groups in total. The van der Waals surface area contributed by atoms with Crippen LogP contribution in [-0.4, -0.2) is 15.3 Å². The van der Waals surface area contributed by atoms with Crippen LogP contribution in [-0.2, 0) is 6.54 Å². The topological polar surface area (TPSA) is 76.6 Å². The Morgan fingerprint density at radius 1 is 1.20 bits per heavy atom. The number of aryl methyl sites for hydroxylation is 1. The number of pyridine rings is 1. The van der Waals surface area contributed by atoms with Gasteiger partial charge in [0.25, 0.3) is 5.91 Å². The van der Waals surface area contributed by atoms with Crippen LogP contribution in [0.15, 0.2) is 63.9 Å². The molecule has 3 heterocycles. The highest BCUT2D eigenvalue weighted by atomic mass is 16.3. The van der Waals surface area contributed by atoms with E-state index in [1.165, 1.54) is 6.07 Å². The van der Waals surface area contributed by atoms with Gasteiger partial charge in [0.2, 0.25) is 0 Å². The molecule has 4 aromatic rings. The van der Waals surface area contributed by atoms with E-state index < -0.39 is 5.91 Å². The van der Waals surface area contributed by atoms with Gasteiger partial charge in [0.1, 0.15) is 11.2 Å². The molecule has 0 atom stereocenters. The highest BCUT2D eigenvalue weighted by Crippen LogP contribution is 2.12. The van der Waals surface area contributed by atoms with Crippen molar-refractivity contribution in [3.8, 4) is 0 Å². The second-order valence-electron chi connectivity index (χ2n) is 5.78. The first-order valence-corrected chi connectivity index (χ1v) is 7.86. The zero-order valence-electron chi connectivity index (χ0n) is 13.5. The van der Waals surface area contributed by atoms with Crippen LogP contribution in [0.25, 0.3) is 16.6 Å². The number of nitrogens with one attached hydrogen (secondary N) is 1. The molecule has 0 unspecified atom stereocenters. The molecule has 124 valence electrons. The van der Waals surface area contributed by atoms with Gasteiger partial charge in [-0.15, -0.1) is 0 Å². The highest BCUT2D eigenvalue weighted by Gasteiger charge is 2.13. The van der Waals surface area contributed by atoms with Crippen LogP contribution < -0.4 is 10.7 Å². The van der Waals surface area contributed by atoms with Crippen molar-refractivity contribution in [1.82, 2.24) is 14.7 Å². The van der Waals surface area contributed by atoms with Gasteiger partial charge in [-0.2, -0.15) is 0 Å². The van der Waals surface area contributed by atoms with Gasteiger partial charge in [-0.05, 0) is 31.2 Å². The van der Waals surface area contributed by atoms with Gasteiger partial charge in [0, 0.05) is 18.0 Å². The van der Waals surface area contributed by atoms with Crippen LogP contribution in [0.1, 0.15) is 21.9 Å². The van der Waals surface area contributed by atoms with Crippen LogP contribution in [0.5, 0.6) is 0 Å². The Bertz CT molecular complexity index is 1160. The summed E-state index contributed by atoms with van der Waals surface area (Å²) < 4.78 is 7.49. The van der Waals surface area contributed by atoms with Crippen molar-refractivity contribution in [3.63, 3.8) is 0 Å². The maximum atomic E-state index is 12.3. The monoisotopic (exact) mass is 333 g/mol. The third kappa shape index (κ3) is 2.78. The number of amides is 1. The van der Waals surface area contributed by atoms with Gasteiger partial charge < -0.3 is 14.1 Å². The number of imidazole rings is 1. The molecule has 0 radical (unpaired) electrons. The third-order valence-corrected chi connectivity index (χ3v) is 4.03. The summed E-state index contributed by atoms with van der Waals surface area (Å²) in [6.45, 7) is 2.23. The van der Waals surface area contributed by atoms with Gasteiger partial charge in [0.15, 0.2) is 11.2 Å². The van der Waals surface area contributed by atoms with Crippen molar-refractivity contribution in [2.75, 3.05) is 0 Å². The van der Waals surface area contributed by atoms with E-state index >= 15 is 0 Å². The van der Waals surface area contributed by atoms with Crippen LogP contribution in [0.4, 0.5) is 0 Å². The first-order valence-electron chi connectivity index (χ1n) is 7.86. The molecule has 0 bridgehead atoms. The molecular weight excluding hydrogens is 318 g/mol. The van der Waals surface area contributed by atoms with Crippen molar-refractivity contribution in [3.05, 3.63) is 82.1 Å². The molecule has 1 amide bonds. The van der Waals surface area contributed by atoms with E-state index in [4.69, 9.17) is 4.42 Å². The molecule has 0 aliphatic heterocycles. The Kier molecular flexibility index (Phi) is 3.57. The number of fused-ring (bicyclic) bond motifs is 2. The second kappa shape index (κ2) is 5.90. The predicted molar refractivity (Wildman–Crippen MR) is 93.6 cm³/mol. The van der Waals surface area contributed by atoms with Crippen molar-refractivity contribution in [1.29, 1.82) is 0 Å². The highest BCUT2D eigenvalue weighted by molar-refractivity contribution is 5.93. The molecule has 0 saturated carbocycles. The molecule has 0 aliphatic carbocycles. The summed E-state index contributed by atoms with van der Waals surface area (Å²) in [4.78, 5) is 28.9. The Labute approximate surface area is 142 Å². The minimum atomic E-state index is -0.448. The zero-order valence-corrected chi connectivity index (χ0v) is 13.5. The molecule has 0 fully saturated rings. The molecule has 25 heavy (non-hydrogen) atoms. The third-order valence-electron chi connectivity index (χ3n) is 4.03. The molecular formula is C19H15N3O3. The van der Waals surface area contributed by atoms with Crippen molar-refractivity contribution < 1.29 is 9.21 Å². The summed E-state index contributed by atoms with van der Waals surface area (Å²) in [6, 6.07) is 13.9. The summed E-state index contributed by atoms with van der Waals surface area (Å²) in [5, 5.41) is 3.19. The molecule has 6 nitrogen and oxygen atoms in total. The molecule has 0 saturated heterocycles. The quantitative estimate of drug-likeness (QED) is 0.625. The van der Waals surface area contributed by atoms with E-state index in [0.717, 1.165) is 17.0 Å². The lowest BCUT2D eigenvalue weighted by atomic mass is 10.2. The summed E-state index contributed by atoms with van der Waals surface area (Å²) in [7, 11) is 0. The molecule has 0 aliphatic rings. The largest absolute Gasteiger partial charge is 0.451 e. The van der Waals surface area contributed by atoms with E-state index in [0.29, 0.717) is 11.0 Å². The van der Waals surface area contributed by atoms with E-state index in [-0.39, 0.29) is 17.7 Å². The van der Waals surface area contributed by atoms with Gasteiger partial charge in [-0.25, -0.2) is 4.98 Å². The van der Waals surface area contributed by atoms with Crippen LogP contribution in [0, 0.1) is 6.92 Å². The lowest BCUT2D eigenvalue weighted by Gasteiger charge is -2.03. The number of hydrogen-bond acceptors (Lipinski definition) is 4. The lowest BCUT2D eigenvalue weighted by molar-refractivity contribution is 0.0923. The fourth-order valence-corrected chi connectivity index (χ4v) is 2.76. The van der Waals surface area contributed by atoms with E-state index in [1.54, 1.807) is 24.3 Å². The molecule has 3 aromatic heterocycles. The minimum Gasteiger partial charge on any atom is -0.451 e. The number of aromatic nitrogens is 2. The first kappa shape index (κ1) is 15.1. The normalized spacial score (nSPS) is 11.1. The van der Waals surface area contributed by atoms with Crippen LogP contribution in [0.2, 0.25) is 0 Å². The number of carbonyl (C=O) groups excluding carboxylic acids is 1. The fourth-order valence-electron chi connectivity index (χ4n) is 2.76. The van der Waals surface area contributed by atoms with Gasteiger partial charge in [0.05, 0.1) is 17.6 Å². The number of hydrogen-bond donors (Lipinski definition) is 1. The number of benzene rings is 1. The Morgan fingerprint density at radius 3 is 2.88 bits per heavy atom. The summed E-state index contributed by atoms with van der Waals surface area (Å²) in [5.74, 6) is -0.458. The first-order chi connectivity index (χ1) is 12.1. The standard InChI is InChI=1S/C19H15N3O3/c1-12-5-4-8-18-21-13(11-22(12)18)10-20-19(24)17-9-15(23)14-6-2-3-7-16(14)25-17/h2-9,11H,10H2,1H3,(H,20,24). The Hall–Kier alpha value is -3.41. The second-order valence-corrected chi connectivity index (χ2v) is 5.78. The smallest absolute Gasteiger partial charge is 0.287 e. The molecule has 4 rings (SSSR count). The van der Waals surface area contributed by atoms with Gasteiger partial charge in [-0.1, -0.05) is 18.2 Å². The average molecular weight is 333 g/mol. The Balaban J connectivity index is 1.57. The average Bonchev–Trinajstić information content (AvgIpc) is 3.04. The maximum absolute atomic E-state index is 12.3. The summed E-state index contributed by atoms with van der Waals surface area (Å²) in [5.41, 5.74) is 2.76. The Morgan fingerprint density at radius 2 is 2.04 bits per heavy atom. The summed E-state index contributed by atoms with van der Waals surface area (Å²) >= 11 is 0. The predicted octanol–water partition coefficient (Wildman–Crippen LogP) is 2.68. The van der Waals surface area contributed by atoms with E-state index in [2.05, 4.69) is 10.3 Å². The minimum absolute atomic E-state index is 0.0105. The van der Waals surface area contributed by atoms with Crippen molar-refractivity contribution >= 4 is 22.5 Å². The molecule has 1 aromatic carbocycles. The number of para-hydroxylation sites is 1. The molecule has 0 spiro atoms. The SMILES string of the molecule is Cc1cccc2nc(CNC(=O)c3cc(=O)c4ccccc4o3)cn12. The number of carbonyl (C=O) groups is 1. The maximum Gasteiger partial charge on any atom is 0.287 e. The zero-order chi connectivity index (χ0) is 17.4. The summed E-state index contributed by atoms with van der Waals surface area (Å²) in [6.07, 6.45) is 1.88. The van der Waals surface area contributed by atoms with Crippen LogP contribution >= 0.6 is 0 Å². The van der Waals surface area contributed by atoms with Gasteiger partial charge in [-0.3, -0.25) is 9.59 Å². The molecule has 6 heteroatoms. The van der Waals surface area contributed by atoms with Gasteiger partial charge >= 0.3 is 0 Å². The van der Waals surface area contributed by atoms with E-state index in [1.807, 2.05) is 35.7 Å². The van der Waals surface area contributed by atoms with Crippen LogP contribution in [0.3, 0.4) is 0 Å². The van der Waals surface area contributed by atoms with Crippen molar-refractivity contribution in [2.45, 2.75) is 13.5 Å². The fraction of sp³-hybridized carbons (Fsp3) is 0.105. The lowest BCUT2D eigenvalue weighted by Crippen LogP contribution is -2.24.